The molecule has 1 amide bonds. The zero-order valence-electron chi connectivity index (χ0n) is 19.8. The summed E-state index contributed by atoms with van der Waals surface area (Å²) >= 11 is 0. The number of carbonyl (C=O) groups excluding carboxylic acids is 1. The molecular formula is C26H42N2O4. The van der Waals surface area contributed by atoms with Crippen molar-refractivity contribution < 1.29 is 19.4 Å². The Morgan fingerprint density at radius 2 is 1.69 bits per heavy atom. The molecule has 8 atom stereocenters. The average molecular weight is 447 g/mol. The molecule has 5 fully saturated rings. The second kappa shape index (κ2) is 8.48. The van der Waals surface area contributed by atoms with Gasteiger partial charge in [-0.1, -0.05) is 19.8 Å². The zero-order chi connectivity index (χ0) is 22.5. The van der Waals surface area contributed by atoms with Gasteiger partial charge in [0.15, 0.2) is 0 Å². The van der Waals surface area contributed by atoms with Crippen molar-refractivity contribution in [1.82, 2.24) is 4.90 Å². The lowest BCUT2D eigenvalue weighted by Crippen LogP contribution is -2.60. The van der Waals surface area contributed by atoms with Crippen molar-refractivity contribution in [1.29, 1.82) is 0 Å². The number of carboxylic acids is 1. The number of aliphatic carboxylic acids is 1. The molecule has 0 radical (unpaired) electrons. The highest BCUT2D eigenvalue weighted by molar-refractivity contribution is 5.72. The molecule has 0 spiro atoms. The molecule has 4 saturated carbocycles. The van der Waals surface area contributed by atoms with Crippen LogP contribution in [0.3, 0.4) is 0 Å². The van der Waals surface area contributed by atoms with Crippen molar-refractivity contribution in [2.24, 2.45) is 46.2 Å². The first-order chi connectivity index (χ1) is 15.4. The predicted molar refractivity (Wildman–Crippen MR) is 122 cm³/mol. The van der Waals surface area contributed by atoms with E-state index >= 15 is 0 Å². The summed E-state index contributed by atoms with van der Waals surface area (Å²) in [6.45, 7) is 5.33. The summed E-state index contributed by atoms with van der Waals surface area (Å²) in [5.41, 5.74) is 5.26. The van der Waals surface area contributed by atoms with Gasteiger partial charge >= 0.3 is 12.1 Å². The molecule has 1 heterocycles. The molecule has 3 unspecified atom stereocenters. The van der Waals surface area contributed by atoms with Crippen LogP contribution in [0.1, 0.15) is 84.0 Å². The molecule has 5 aliphatic rings. The lowest BCUT2D eigenvalue weighted by molar-refractivity contribution is -0.163. The van der Waals surface area contributed by atoms with Gasteiger partial charge in [-0.15, -0.1) is 0 Å². The Morgan fingerprint density at radius 1 is 0.938 bits per heavy atom. The largest absolute Gasteiger partial charge is 0.481 e. The highest BCUT2D eigenvalue weighted by atomic mass is 16.5. The summed E-state index contributed by atoms with van der Waals surface area (Å²) in [5.74, 6) is 1.23. The third-order valence-corrected chi connectivity index (χ3v) is 11.0. The Balaban J connectivity index is 1.41. The van der Waals surface area contributed by atoms with Crippen LogP contribution in [0.4, 0.5) is 4.79 Å². The van der Waals surface area contributed by atoms with Crippen molar-refractivity contribution in [3.05, 3.63) is 0 Å². The van der Waals surface area contributed by atoms with Gasteiger partial charge in [0.1, 0.15) is 0 Å². The second-order valence-corrected chi connectivity index (χ2v) is 12.0. The molecule has 180 valence electrons. The number of likely N-dealkylation sites (tertiary alicyclic amines) is 1. The first kappa shape index (κ1) is 22.5. The predicted octanol–water partition coefficient (Wildman–Crippen LogP) is 4.66. The second-order valence-electron chi connectivity index (χ2n) is 12.0. The van der Waals surface area contributed by atoms with E-state index in [0.717, 1.165) is 31.2 Å². The van der Waals surface area contributed by atoms with Crippen molar-refractivity contribution >= 4 is 12.1 Å². The number of nitrogens with zero attached hydrogens (tertiary/aromatic N) is 1. The number of hydrogen-bond acceptors (Lipinski definition) is 4. The molecule has 1 saturated heterocycles. The maximum absolute atomic E-state index is 12.2. The van der Waals surface area contributed by atoms with E-state index < -0.39 is 23.4 Å². The van der Waals surface area contributed by atoms with Crippen molar-refractivity contribution in [3.8, 4) is 0 Å². The van der Waals surface area contributed by atoms with Crippen molar-refractivity contribution in [2.45, 2.75) is 90.0 Å². The van der Waals surface area contributed by atoms with E-state index in [1.54, 1.807) is 0 Å². The number of fused-ring (bicyclic) bond motifs is 5. The van der Waals surface area contributed by atoms with Gasteiger partial charge < -0.3 is 20.5 Å². The van der Waals surface area contributed by atoms with Crippen LogP contribution < -0.4 is 5.73 Å². The lowest BCUT2D eigenvalue weighted by atomic mass is 9.44. The number of hydrogen-bond donors (Lipinski definition) is 2. The van der Waals surface area contributed by atoms with E-state index in [0.29, 0.717) is 29.6 Å². The van der Waals surface area contributed by atoms with Crippen LogP contribution in [0, 0.1) is 40.4 Å². The van der Waals surface area contributed by atoms with Crippen LogP contribution >= 0.6 is 0 Å². The monoisotopic (exact) mass is 446 g/mol. The minimum Gasteiger partial charge on any atom is -0.481 e. The number of carbonyl (C=O) groups is 2. The minimum absolute atomic E-state index is 0.184. The van der Waals surface area contributed by atoms with Crippen LogP contribution in [0.2, 0.25) is 0 Å². The summed E-state index contributed by atoms with van der Waals surface area (Å²) in [6, 6.07) is 0.746. The topological polar surface area (TPSA) is 92.9 Å². The molecule has 4 aliphatic carbocycles. The number of piperidine rings is 1. The number of rotatable bonds is 4. The fraction of sp³-hybridized carbons (Fsp3) is 0.923. The number of amides is 1. The van der Waals surface area contributed by atoms with Crippen LogP contribution in [-0.4, -0.2) is 47.8 Å². The Bertz CT molecular complexity index is 737. The van der Waals surface area contributed by atoms with Gasteiger partial charge in [0.05, 0.1) is 12.5 Å². The van der Waals surface area contributed by atoms with E-state index in [2.05, 4.69) is 11.8 Å². The molecule has 0 bridgehead atoms. The SMILES string of the molecule is C[C@]12CCCC(N3CCCCC3)C1CC[C@H]1[C@@H]3CCC(C(=O)O)[C@@]3(COC(N)=O)CC[C@@H]12. The normalized spacial score (nSPS) is 46.5. The Morgan fingerprint density at radius 3 is 2.41 bits per heavy atom. The molecular weight excluding hydrogens is 404 g/mol. The Labute approximate surface area is 192 Å². The number of carboxylic acid groups (broad SMARTS) is 1. The smallest absolute Gasteiger partial charge is 0.404 e. The van der Waals surface area contributed by atoms with Gasteiger partial charge in [0.25, 0.3) is 0 Å². The molecule has 0 aromatic heterocycles. The number of primary amides is 1. The third kappa shape index (κ3) is 3.47. The summed E-state index contributed by atoms with van der Waals surface area (Å²) in [7, 11) is 0. The molecule has 6 nitrogen and oxygen atoms in total. The third-order valence-electron chi connectivity index (χ3n) is 11.0. The molecule has 0 aromatic carbocycles. The quantitative estimate of drug-likeness (QED) is 0.655. The highest BCUT2D eigenvalue weighted by Crippen LogP contribution is 2.68. The van der Waals surface area contributed by atoms with Gasteiger partial charge in [0.2, 0.25) is 0 Å². The first-order valence-corrected chi connectivity index (χ1v) is 13.3. The van der Waals surface area contributed by atoms with E-state index in [4.69, 9.17) is 10.5 Å². The van der Waals surface area contributed by atoms with Gasteiger partial charge in [-0.25, -0.2) is 4.79 Å². The van der Waals surface area contributed by atoms with Gasteiger partial charge in [-0.05, 0) is 106 Å². The summed E-state index contributed by atoms with van der Waals surface area (Å²) in [5, 5.41) is 10.0. The number of nitrogens with two attached hydrogens (primary N) is 1. The first-order valence-electron chi connectivity index (χ1n) is 13.3. The van der Waals surface area contributed by atoms with Crippen LogP contribution in [0.5, 0.6) is 0 Å². The lowest BCUT2D eigenvalue weighted by Gasteiger charge is -2.63. The van der Waals surface area contributed by atoms with Crippen LogP contribution in [0.25, 0.3) is 0 Å². The molecule has 32 heavy (non-hydrogen) atoms. The van der Waals surface area contributed by atoms with E-state index in [1.807, 2.05) is 0 Å². The summed E-state index contributed by atoms with van der Waals surface area (Å²) in [6.07, 6.45) is 13.4. The Hall–Kier alpha value is -1.30. The van der Waals surface area contributed by atoms with E-state index in [1.165, 1.54) is 64.5 Å². The highest BCUT2D eigenvalue weighted by Gasteiger charge is 2.64. The van der Waals surface area contributed by atoms with E-state index in [9.17, 15) is 14.7 Å². The van der Waals surface area contributed by atoms with Gasteiger partial charge in [-0.3, -0.25) is 4.79 Å². The molecule has 3 N–H and O–H groups in total. The standard InChI is InChI=1S/C26H42N2O4/c1-25-12-5-6-22(28-14-3-2-4-15-28)20(25)8-7-17-18(25)11-13-26(16-32-24(27)31)19(17)9-10-21(26)23(29)30/h17-22H,2-16H2,1H3,(H2,27,31)(H,29,30)/t17-,18+,19+,20?,21?,22?,25-,26-/m1/s1. The molecule has 1 aliphatic heterocycles. The van der Waals surface area contributed by atoms with Crippen LogP contribution in [0.15, 0.2) is 0 Å². The van der Waals surface area contributed by atoms with Crippen molar-refractivity contribution in [2.75, 3.05) is 19.7 Å². The van der Waals surface area contributed by atoms with Crippen LogP contribution in [-0.2, 0) is 9.53 Å². The average Bonchev–Trinajstić information content (AvgIpc) is 3.18. The summed E-state index contributed by atoms with van der Waals surface area (Å²) in [4.78, 5) is 26.5. The summed E-state index contributed by atoms with van der Waals surface area (Å²) < 4.78 is 5.34. The molecule has 6 heteroatoms. The van der Waals surface area contributed by atoms with Gasteiger partial charge in [0, 0.05) is 11.5 Å². The zero-order valence-corrected chi connectivity index (χ0v) is 19.8. The maximum Gasteiger partial charge on any atom is 0.404 e. The van der Waals surface area contributed by atoms with Gasteiger partial charge in [-0.2, -0.15) is 0 Å². The Kier molecular flexibility index (Phi) is 5.96. The molecule has 5 rings (SSSR count). The fourth-order valence-electron chi connectivity index (χ4n) is 9.73. The minimum atomic E-state index is -0.774. The number of ether oxygens (including phenoxy) is 1. The fourth-order valence-corrected chi connectivity index (χ4v) is 9.73. The van der Waals surface area contributed by atoms with Crippen molar-refractivity contribution in [3.63, 3.8) is 0 Å². The molecule has 0 aromatic rings. The maximum atomic E-state index is 12.2. The van der Waals surface area contributed by atoms with E-state index in [-0.39, 0.29) is 6.61 Å².